The molecule has 0 nitrogen and oxygen atoms in total. The van der Waals surface area contributed by atoms with Gasteiger partial charge in [-0.05, 0) is 55.9 Å². The van der Waals surface area contributed by atoms with Crippen LogP contribution in [0.15, 0.2) is 107 Å². The molecule has 0 aliphatic carbocycles. The van der Waals surface area contributed by atoms with Gasteiger partial charge in [0.25, 0.3) is 0 Å². The van der Waals surface area contributed by atoms with E-state index < -0.39 is 0 Å². The molecule has 0 saturated carbocycles. The molecular formula is C26H16S2. The highest BCUT2D eigenvalue weighted by Gasteiger charge is 2.15. The molecule has 0 aromatic heterocycles. The Hall–Kier alpha value is -2.68. The molecule has 0 aliphatic rings. The molecule has 0 heterocycles. The molecule has 132 valence electrons. The maximum Gasteiger partial charge on any atom is 0.0271 e. The Balaban J connectivity index is 1.70. The lowest BCUT2D eigenvalue weighted by Gasteiger charge is -2.16. The Morgan fingerprint density at radius 2 is 1.04 bits per heavy atom. The molecule has 0 unspecified atom stereocenters. The van der Waals surface area contributed by atoms with E-state index in [2.05, 4.69) is 97.1 Å². The third-order valence-electron chi connectivity index (χ3n) is 5.44. The van der Waals surface area contributed by atoms with Crippen LogP contribution in [-0.4, -0.2) is 0 Å². The molecule has 0 saturated heterocycles. The van der Waals surface area contributed by atoms with E-state index in [0.29, 0.717) is 0 Å². The molecule has 2 heteroatoms. The lowest BCUT2D eigenvalue weighted by molar-refractivity contribution is 1.48. The zero-order valence-corrected chi connectivity index (χ0v) is 16.7. The van der Waals surface area contributed by atoms with E-state index in [-0.39, 0.29) is 0 Å². The summed E-state index contributed by atoms with van der Waals surface area (Å²) in [5.74, 6) is 0. The standard InChI is InChI=1S/C26H16S2/c1-2-10-19(11-3-1)27-28-23-16-15-18-9-5-13-21-20-12-4-7-17-8-6-14-22(24(17)20)26(23)25(18)21/h1-16H. The van der Waals surface area contributed by atoms with E-state index in [4.69, 9.17) is 0 Å². The van der Waals surface area contributed by atoms with Crippen LogP contribution in [-0.2, 0) is 0 Å². The minimum absolute atomic E-state index is 1.28. The van der Waals surface area contributed by atoms with E-state index in [9.17, 15) is 0 Å². The molecule has 0 bridgehead atoms. The Labute approximate surface area is 171 Å². The Kier molecular flexibility index (Phi) is 3.75. The van der Waals surface area contributed by atoms with Gasteiger partial charge in [0.05, 0.1) is 0 Å². The van der Waals surface area contributed by atoms with Crippen molar-refractivity contribution in [2.45, 2.75) is 9.79 Å². The van der Waals surface area contributed by atoms with Gasteiger partial charge >= 0.3 is 0 Å². The highest BCUT2D eigenvalue weighted by molar-refractivity contribution is 8.76. The van der Waals surface area contributed by atoms with Crippen LogP contribution in [0.4, 0.5) is 0 Å². The lowest BCUT2D eigenvalue weighted by Crippen LogP contribution is -1.88. The first-order chi connectivity index (χ1) is 13.9. The van der Waals surface area contributed by atoms with Crippen molar-refractivity contribution in [3.05, 3.63) is 97.1 Å². The normalized spacial score (nSPS) is 11.9. The monoisotopic (exact) mass is 392 g/mol. The smallest absolute Gasteiger partial charge is 0.0271 e. The SMILES string of the molecule is c1ccc(SSc2ccc3cccc4c5cccc6cccc(c2c34)c65)cc1. The van der Waals surface area contributed by atoms with Crippen molar-refractivity contribution in [3.8, 4) is 0 Å². The predicted octanol–water partition coefficient (Wildman–Crippen LogP) is 8.54. The zero-order valence-electron chi connectivity index (χ0n) is 15.1. The van der Waals surface area contributed by atoms with Gasteiger partial charge in [-0.3, -0.25) is 0 Å². The fourth-order valence-corrected chi connectivity index (χ4v) is 6.45. The first-order valence-electron chi connectivity index (χ1n) is 9.38. The molecule has 6 aromatic carbocycles. The van der Waals surface area contributed by atoms with Gasteiger partial charge < -0.3 is 0 Å². The molecular weight excluding hydrogens is 376 g/mol. The van der Waals surface area contributed by atoms with E-state index in [1.807, 2.05) is 21.6 Å². The molecule has 0 amide bonds. The summed E-state index contributed by atoms with van der Waals surface area (Å²) in [5, 5.41) is 10.8. The van der Waals surface area contributed by atoms with Crippen molar-refractivity contribution in [3.63, 3.8) is 0 Å². The van der Waals surface area contributed by atoms with Crippen molar-refractivity contribution in [1.82, 2.24) is 0 Å². The van der Waals surface area contributed by atoms with E-state index in [0.717, 1.165) is 0 Å². The minimum Gasteiger partial charge on any atom is -0.0622 e. The quantitative estimate of drug-likeness (QED) is 0.168. The summed E-state index contributed by atoms with van der Waals surface area (Å²) in [5.41, 5.74) is 0. The topological polar surface area (TPSA) is 0 Å². The predicted molar refractivity (Wildman–Crippen MR) is 126 cm³/mol. The largest absolute Gasteiger partial charge is 0.0622 e. The summed E-state index contributed by atoms with van der Waals surface area (Å²) in [6.07, 6.45) is 0. The average Bonchev–Trinajstić information content (AvgIpc) is 2.76. The number of benzene rings is 6. The van der Waals surface area contributed by atoms with Gasteiger partial charge in [-0.25, -0.2) is 0 Å². The summed E-state index contributed by atoms with van der Waals surface area (Å²) < 4.78 is 0. The number of fused-ring (bicyclic) bond motifs is 2. The van der Waals surface area contributed by atoms with E-state index in [1.54, 1.807) is 0 Å². The molecule has 6 rings (SSSR count). The highest BCUT2D eigenvalue weighted by Crippen LogP contribution is 2.47. The minimum atomic E-state index is 1.28. The van der Waals surface area contributed by atoms with Gasteiger partial charge in [0.15, 0.2) is 0 Å². The molecule has 6 aromatic rings. The van der Waals surface area contributed by atoms with Crippen molar-refractivity contribution in [2.24, 2.45) is 0 Å². The zero-order chi connectivity index (χ0) is 18.5. The molecule has 0 fully saturated rings. The Morgan fingerprint density at radius 1 is 0.393 bits per heavy atom. The van der Waals surface area contributed by atoms with Crippen LogP contribution < -0.4 is 0 Å². The van der Waals surface area contributed by atoms with Crippen molar-refractivity contribution < 1.29 is 0 Å². The summed E-state index contributed by atoms with van der Waals surface area (Å²) in [6, 6.07) is 35.2. The lowest BCUT2D eigenvalue weighted by atomic mass is 9.90. The second kappa shape index (κ2) is 6.44. The molecule has 0 radical (unpaired) electrons. The maximum absolute atomic E-state index is 2.29. The van der Waals surface area contributed by atoms with Crippen LogP contribution in [0.1, 0.15) is 0 Å². The Morgan fingerprint density at radius 3 is 1.79 bits per heavy atom. The van der Waals surface area contributed by atoms with E-state index in [1.165, 1.54) is 52.9 Å². The molecule has 0 N–H and O–H groups in total. The maximum atomic E-state index is 2.29. The summed E-state index contributed by atoms with van der Waals surface area (Å²) in [4.78, 5) is 2.61. The van der Waals surface area contributed by atoms with Gasteiger partial charge in [-0.1, -0.05) is 100 Å². The van der Waals surface area contributed by atoms with Crippen molar-refractivity contribution in [1.29, 1.82) is 0 Å². The summed E-state index contributed by atoms with van der Waals surface area (Å²) >= 11 is 0. The number of hydrogen-bond acceptors (Lipinski definition) is 2. The molecule has 0 aliphatic heterocycles. The third kappa shape index (κ3) is 2.42. The first kappa shape index (κ1) is 16.3. The highest BCUT2D eigenvalue weighted by atomic mass is 33.1. The van der Waals surface area contributed by atoms with Crippen LogP contribution in [0.3, 0.4) is 0 Å². The van der Waals surface area contributed by atoms with Gasteiger partial charge in [0, 0.05) is 15.2 Å². The molecule has 28 heavy (non-hydrogen) atoms. The fourth-order valence-electron chi connectivity index (χ4n) is 4.26. The molecule has 0 spiro atoms. The van der Waals surface area contributed by atoms with Crippen molar-refractivity contribution in [2.75, 3.05) is 0 Å². The second-order valence-corrected chi connectivity index (χ2v) is 9.28. The van der Waals surface area contributed by atoms with Crippen LogP contribution in [0.2, 0.25) is 0 Å². The van der Waals surface area contributed by atoms with Crippen LogP contribution in [0.25, 0.3) is 43.1 Å². The van der Waals surface area contributed by atoms with Gasteiger partial charge in [0.2, 0.25) is 0 Å². The van der Waals surface area contributed by atoms with Gasteiger partial charge in [0.1, 0.15) is 0 Å². The molecule has 0 atom stereocenters. The van der Waals surface area contributed by atoms with Crippen LogP contribution >= 0.6 is 21.6 Å². The van der Waals surface area contributed by atoms with Gasteiger partial charge in [-0.15, -0.1) is 0 Å². The first-order valence-corrected chi connectivity index (χ1v) is 11.5. The average molecular weight is 393 g/mol. The van der Waals surface area contributed by atoms with Crippen molar-refractivity contribution >= 4 is 64.7 Å². The van der Waals surface area contributed by atoms with Crippen LogP contribution in [0.5, 0.6) is 0 Å². The second-order valence-electron chi connectivity index (χ2n) is 7.03. The number of hydrogen-bond donors (Lipinski definition) is 0. The van der Waals surface area contributed by atoms with Gasteiger partial charge in [-0.2, -0.15) is 0 Å². The summed E-state index contributed by atoms with van der Waals surface area (Å²) in [6.45, 7) is 0. The third-order valence-corrected chi connectivity index (χ3v) is 7.88. The summed E-state index contributed by atoms with van der Waals surface area (Å²) in [7, 11) is 3.69. The fraction of sp³-hybridized carbons (Fsp3) is 0. The van der Waals surface area contributed by atoms with Crippen LogP contribution in [0, 0.1) is 0 Å². The van der Waals surface area contributed by atoms with E-state index >= 15 is 0 Å². The Bertz CT molecular complexity index is 1450. The number of rotatable bonds is 3.